The minimum atomic E-state index is 0.242. The predicted octanol–water partition coefficient (Wildman–Crippen LogP) is 4.65. The number of rotatable bonds is 0. The van der Waals surface area contributed by atoms with Gasteiger partial charge in [0.25, 0.3) is 0 Å². The first-order chi connectivity index (χ1) is 8.01. The van der Waals surface area contributed by atoms with Gasteiger partial charge in [-0.1, -0.05) is 31.6 Å². The van der Waals surface area contributed by atoms with Gasteiger partial charge in [0.05, 0.1) is 0 Å². The van der Waals surface area contributed by atoms with Crippen molar-refractivity contribution in [2.24, 2.45) is 0 Å². The SMILES string of the molecule is CC1=C(C)C(C)(C)c2cc3c(cc21)CCCC3. The summed E-state index contributed by atoms with van der Waals surface area (Å²) in [4.78, 5) is 0. The average Bonchev–Trinajstić information content (AvgIpc) is 2.49. The molecule has 0 aliphatic heterocycles. The molecular weight excluding hydrogens is 204 g/mol. The summed E-state index contributed by atoms with van der Waals surface area (Å²) in [5.74, 6) is 0. The predicted molar refractivity (Wildman–Crippen MR) is 74.4 cm³/mol. The van der Waals surface area contributed by atoms with Gasteiger partial charge in [-0.15, -0.1) is 0 Å². The summed E-state index contributed by atoms with van der Waals surface area (Å²) in [5.41, 5.74) is 9.62. The maximum absolute atomic E-state index is 2.50. The molecule has 0 nitrogen and oxygen atoms in total. The van der Waals surface area contributed by atoms with E-state index in [4.69, 9.17) is 0 Å². The minimum absolute atomic E-state index is 0.242. The van der Waals surface area contributed by atoms with Gasteiger partial charge < -0.3 is 0 Å². The highest BCUT2D eigenvalue weighted by molar-refractivity contribution is 5.79. The molecule has 0 spiro atoms. The van der Waals surface area contributed by atoms with Crippen molar-refractivity contribution >= 4 is 5.57 Å². The highest BCUT2D eigenvalue weighted by Crippen LogP contribution is 2.47. The molecule has 3 rings (SSSR count). The topological polar surface area (TPSA) is 0 Å². The van der Waals surface area contributed by atoms with Crippen LogP contribution in [0.4, 0.5) is 0 Å². The molecule has 0 heteroatoms. The second-order valence-corrected chi connectivity index (χ2v) is 6.25. The van der Waals surface area contributed by atoms with E-state index in [1.165, 1.54) is 36.8 Å². The summed E-state index contributed by atoms with van der Waals surface area (Å²) in [7, 11) is 0. The van der Waals surface area contributed by atoms with Crippen molar-refractivity contribution in [3.8, 4) is 0 Å². The van der Waals surface area contributed by atoms with Crippen molar-refractivity contribution in [1.29, 1.82) is 0 Å². The van der Waals surface area contributed by atoms with Crippen molar-refractivity contribution in [2.45, 2.75) is 58.8 Å². The van der Waals surface area contributed by atoms with Gasteiger partial charge in [0, 0.05) is 5.41 Å². The van der Waals surface area contributed by atoms with Gasteiger partial charge >= 0.3 is 0 Å². The number of hydrogen-bond donors (Lipinski definition) is 0. The van der Waals surface area contributed by atoms with Crippen molar-refractivity contribution in [1.82, 2.24) is 0 Å². The number of allylic oxidation sites excluding steroid dienone is 2. The largest absolute Gasteiger partial charge is 0.0597 e. The van der Waals surface area contributed by atoms with Crippen LogP contribution in [0.1, 0.15) is 62.8 Å². The third-order valence-electron chi connectivity index (χ3n) is 5.06. The molecule has 0 amide bonds. The molecule has 0 aromatic heterocycles. The van der Waals surface area contributed by atoms with Gasteiger partial charge in [-0.2, -0.15) is 0 Å². The smallest absolute Gasteiger partial charge is 0.0114 e. The van der Waals surface area contributed by atoms with E-state index < -0.39 is 0 Å². The third-order valence-corrected chi connectivity index (χ3v) is 5.06. The third kappa shape index (κ3) is 1.43. The minimum Gasteiger partial charge on any atom is -0.0597 e. The van der Waals surface area contributed by atoms with E-state index in [0.717, 1.165) is 0 Å². The fourth-order valence-electron chi connectivity index (χ4n) is 3.49. The van der Waals surface area contributed by atoms with Gasteiger partial charge in [-0.25, -0.2) is 0 Å². The molecule has 2 aliphatic rings. The molecule has 0 bridgehead atoms. The van der Waals surface area contributed by atoms with Crippen LogP contribution in [0.25, 0.3) is 5.57 Å². The lowest BCUT2D eigenvalue weighted by Gasteiger charge is -2.25. The lowest BCUT2D eigenvalue weighted by molar-refractivity contribution is 0.631. The zero-order valence-corrected chi connectivity index (χ0v) is 11.5. The second-order valence-electron chi connectivity index (χ2n) is 6.25. The van der Waals surface area contributed by atoms with Crippen LogP contribution in [0.15, 0.2) is 17.7 Å². The Morgan fingerprint density at radius 1 is 0.941 bits per heavy atom. The van der Waals surface area contributed by atoms with Gasteiger partial charge in [-0.05, 0) is 67.4 Å². The lowest BCUT2D eigenvalue weighted by Crippen LogP contribution is -2.16. The first-order valence-electron chi connectivity index (χ1n) is 6.86. The number of benzene rings is 1. The van der Waals surface area contributed by atoms with Crippen LogP contribution in [0, 0.1) is 0 Å². The maximum atomic E-state index is 2.50. The molecule has 0 radical (unpaired) electrons. The molecule has 90 valence electrons. The monoisotopic (exact) mass is 226 g/mol. The Balaban J connectivity index is 2.23. The molecule has 0 heterocycles. The van der Waals surface area contributed by atoms with E-state index in [-0.39, 0.29) is 5.41 Å². The zero-order valence-electron chi connectivity index (χ0n) is 11.5. The molecule has 0 unspecified atom stereocenters. The lowest BCUT2D eigenvalue weighted by atomic mass is 9.79. The molecule has 0 fully saturated rings. The first-order valence-corrected chi connectivity index (χ1v) is 6.86. The van der Waals surface area contributed by atoms with Crippen LogP contribution < -0.4 is 0 Å². The van der Waals surface area contributed by atoms with Crippen LogP contribution >= 0.6 is 0 Å². The highest BCUT2D eigenvalue weighted by atomic mass is 14.4. The van der Waals surface area contributed by atoms with Crippen molar-refractivity contribution in [3.63, 3.8) is 0 Å². The van der Waals surface area contributed by atoms with Crippen LogP contribution in [-0.4, -0.2) is 0 Å². The fourth-order valence-corrected chi connectivity index (χ4v) is 3.49. The molecule has 1 aromatic rings. The van der Waals surface area contributed by atoms with Crippen LogP contribution in [-0.2, 0) is 18.3 Å². The summed E-state index contributed by atoms with van der Waals surface area (Å²) < 4.78 is 0. The molecule has 0 saturated heterocycles. The van der Waals surface area contributed by atoms with E-state index in [1.807, 2.05) is 0 Å². The average molecular weight is 226 g/mol. The second kappa shape index (κ2) is 3.48. The Morgan fingerprint density at radius 3 is 2.18 bits per heavy atom. The number of aryl methyl sites for hydroxylation is 2. The Kier molecular flexibility index (Phi) is 2.26. The number of hydrogen-bond acceptors (Lipinski definition) is 0. The fraction of sp³-hybridized carbons (Fsp3) is 0.529. The summed E-state index contributed by atoms with van der Waals surface area (Å²) >= 11 is 0. The Bertz CT molecular complexity index is 515. The molecule has 0 saturated carbocycles. The Labute approximate surface area is 105 Å². The molecule has 1 aromatic carbocycles. The molecule has 0 atom stereocenters. The molecular formula is C17H22. The van der Waals surface area contributed by atoms with E-state index in [0.29, 0.717) is 0 Å². The van der Waals surface area contributed by atoms with E-state index in [1.54, 1.807) is 22.3 Å². The number of fused-ring (bicyclic) bond motifs is 2. The van der Waals surface area contributed by atoms with Gasteiger partial charge in [0.2, 0.25) is 0 Å². The van der Waals surface area contributed by atoms with Crippen molar-refractivity contribution < 1.29 is 0 Å². The molecule has 0 N–H and O–H groups in total. The Hall–Kier alpha value is -1.04. The Morgan fingerprint density at radius 2 is 1.53 bits per heavy atom. The van der Waals surface area contributed by atoms with Crippen molar-refractivity contribution in [2.75, 3.05) is 0 Å². The first kappa shape index (κ1) is 11.1. The zero-order chi connectivity index (χ0) is 12.2. The van der Waals surface area contributed by atoms with Crippen molar-refractivity contribution in [3.05, 3.63) is 40.0 Å². The van der Waals surface area contributed by atoms with Crippen LogP contribution in [0.2, 0.25) is 0 Å². The summed E-state index contributed by atoms with van der Waals surface area (Å²) in [6.45, 7) is 9.33. The molecule has 2 aliphatic carbocycles. The quantitative estimate of drug-likeness (QED) is 0.604. The summed E-state index contributed by atoms with van der Waals surface area (Å²) in [5, 5.41) is 0. The van der Waals surface area contributed by atoms with Gasteiger partial charge in [0.1, 0.15) is 0 Å². The standard InChI is InChI=1S/C17H22/c1-11-12(2)17(3,4)16-10-14-8-6-5-7-13(14)9-15(11)16/h9-10H,5-8H2,1-4H3. The van der Waals surface area contributed by atoms with E-state index in [2.05, 4.69) is 39.8 Å². The van der Waals surface area contributed by atoms with Gasteiger partial charge in [-0.3, -0.25) is 0 Å². The van der Waals surface area contributed by atoms with E-state index in [9.17, 15) is 0 Å². The van der Waals surface area contributed by atoms with Crippen LogP contribution in [0.3, 0.4) is 0 Å². The normalized spacial score (nSPS) is 21.4. The van der Waals surface area contributed by atoms with Gasteiger partial charge in [0.15, 0.2) is 0 Å². The van der Waals surface area contributed by atoms with E-state index >= 15 is 0 Å². The highest BCUT2D eigenvalue weighted by Gasteiger charge is 2.34. The summed E-state index contributed by atoms with van der Waals surface area (Å²) in [6.07, 6.45) is 5.32. The maximum Gasteiger partial charge on any atom is 0.0114 e. The molecule has 17 heavy (non-hydrogen) atoms. The summed E-state index contributed by atoms with van der Waals surface area (Å²) in [6, 6.07) is 4.99. The van der Waals surface area contributed by atoms with Crippen LogP contribution in [0.5, 0.6) is 0 Å².